The lowest BCUT2D eigenvalue weighted by Crippen LogP contribution is -2.16. The number of H-pyrrole nitrogens is 1. The van der Waals surface area contributed by atoms with Gasteiger partial charge in [-0.2, -0.15) is 0 Å². The molecule has 0 unspecified atom stereocenters. The Kier molecular flexibility index (Phi) is 4.74. The monoisotopic (exact) mass is 341 g/mol. The normalized spacial score (nSPS) is 10.5. The standard InChI is InChI=1S/C18H19N3O4/c1-23-15-8-14-13(16(24-2)17(15)25-3)7-11(18(22)21-14)9-20-12-5-4-6-19-10-12/h4-8,10,20H,9H2,1-3H3,(H,21,22). The van der Waals surface area contributed by atoms with E-state index in [0.717, 1.165) is 11.1 Å². The number of nitrogens with one attached hydrogen (secondary N) is 2. The highest BCUT2D eigenvalue weighted by molar-refractivity contribution is 5.90. The van der Waals surface area contributed by atoms with Gasteiger partial charge in [0.15, 0.2) is 11.5 Å². The molecule has 0 atom stereocenters. The number of rotatable bonds is 6. The third-order valence-corrected chi connectivity index (χ3v) is 3.87. The molecule has 2 heterocycles. The van der Waals surface area contributed by atoms with Crippen molar-refractivity contribution < 1.29 is 14.2 Å². The van der Waals surface area contributed by atoms with Crippen molar-refractivity contribution in [3.8, 4) is 17.2 Å². The average molecular weight is 341 g/mol. The first-order valence-corrected chi connectivity index (χ1v) is 7.66. The average Bonchev–Trinajstić information content (AvgIpc) is 2.65. The SMILES string of the molecule is COc1cc2[nH]c(=O)c(CNc3cccnc3)cc2c(OC)c1OC. The number of aromatic amines is 1. The lowest BCUT2D eigenvalue weighted by atomic mass is 10.1. The van der Waals surface area contributed by atoms with Gasteiger partial charge in [-0.1, -0.05) is 0 Å². The molecular weight excluding hydrogens is 322 g/mol. The van der Waals surface area contributed by atoms with Crippen molar-refractivity contribution in [2.75, 3.05) is 26.6 Å². The van der Waals surface area contributed by atoms with Gasteiger partial charge in [-0.15, -0.1) is 0 Å². The second-order valence-electron chi connectivity index (χ2n) is 5.33. The number of benzene rings is 1. The Morgan fingerprint density at radius 2 is 1.92 bits per heavy atom. The van der Waals surface area contributed by atoms with Crippen LogP contribution in [0.15, 0.2) is 41.5 Å². The molecule has 0 radical (unpaired) electrons. The fourth-order valence-electron chi connectivity index (χ4n) is 2.66. The van der Waals surface area contributed by atoms with E-state index in [-0.39, 0.29) is 5.56 Å². The Hall–Kier alpha value is -3.22. The number of methoxy groups -OCH3 is 3. The number of pyridine rings is 2. The van der Waals surface area contributed by atoms with Crippen LogP contribution in [0.3, 0.4) is 0 Å². The van der Waals surface area contributed by atoms with Crippen LogP contribution >= 0.6 is 0 Å². The van der Waals surface area contributed by atoms with Crippen molar-refractivity contribution in [1.82, 2.24) is 9.97 Å². The number of fused-ring (bicyclic) bond motifs is 1. The molecule has 7 heteroatoms. The maximum atomic E-state index is 12.4. The van der Waals surface area contributed by atoms with Crippen molar-refractivity contribution in [2.24, 2.45) is 0 Å². The van der Waals surface area contributed by atoms with Gasteiger partial charge in [-0.05, 0) is 18.2 Å². The van der Waals surface area contributed by atoms with Crippen molar-refractivity contribution in [2.45, 2.75) is 6.54 Å². The van der Waals surface area contributed by atoms with Crippen LogP contribution in [0, 0.1) is 0 Å². The van der Waals surface area contributed by atoms with E-state index < -0.39 is 0 Å². The van der Waals surface area contributed by atoms with Crippen LogP contribution in [0.4, 0.5) is 5.69 Å². The molecule has 0 saturated carbocycles. The maximum absolute atomic E-state index is 12.4. The van der Waals surface area contributed by atoms with Gasteiger partial charge in [0.05, 0.1) is 32.5 Å². The number of nitrogens with zero attached hydrogens (tertiary/aromatic N) is 1. The van der Waals surface area contributed by atoms with E-state index in [1.54, 1.807) is 38.7 Å². The molecule has 0 aliphatic rings. The van der Waals surface area contributed by atoms with Crippen molar-refractivity contribution in [3.05, 3.63) is 52.6 Å². The molecule has 0 saturated heterocycles. The van der Waals surface area contributed by atoms with Crippen LogP contribution in [0.1, 0.15) is 5.56 Å². The Balaban J connectivity index is 2.06. The van der Waals surface area contributed by atoms with Gasteiger partial charge in [0.1, 0.15) is 0 Å². The fourth-order valence-corrected chi connectivity index (χ4v) is 2.66. The Morgan fingerprint density at radius 1 is 1.12 bits per heavy atom. The summed E-state index contributed by atoms with van der Waals surface area (Å²) in [5.74, 6) is 1.48. The molecule has 2 aromatic heterocycles. The van der Waals surface area contributed by atoms with Gasteiger partial charge in [0.25, 0.3) is 5.56 Å². The Bertz CT molecular complexity index is 938. The van der Waals surface area contributed by atoms with Crippen LogP contribution in [-0.2, 0) is 6.54 Å². The number of anilines is 1. The molecule has 0 aliphatic carbocycles. The van der Waals surface area contributed by atoms with Gasteiger partial charge in [0, 0.05) is 36.0 Å². The van der Waals surface area contributed by atoms with E-state index in [9.17, 15) is 4.79 Å². The number of aromatic nitrogens is 2. The fraction of sp³-hybridized carbons (Fsp3) is 0.222. The van der Waals surface area contributed by atoms with Crippen molar-refractivity contribution in [1.29, 1.82) is 0 Å². The molecule has 3 aromatic rings. The highest BCUT2D eigenvalue weighted by atomic mass is 16.5. The summed E-state index contributed by atoms with van der Waals surface area (Å²) in [5.41, 5.74) is 1.84. The number of hydrogen-bond acceptors (Lipinski definition) is 6. The summed E-state index contributed by atoms with van der Waals surface area (Å²) < 4.78 is 16.2. The highest BCUT2D eigenvalue weighted by Gasteiger charge is 2.17. The summed E-state index contributed by atoms with van der Waals surface area (Å²) in [6.07, 6.45) is 3.39. The second-order valence-corrected chi connectivity index (χ2v) is 5.33. The lowest BCUT2D eigenvalue weighted by Gasteiger charge is -2.15. The van der Waals surface area contributed by atoms with Gasteiger partial charge in [0.2, 0.25) is 5.75 Å². The van der Waals surface area contributed by atoms with Crippen molar-refractivity contribution in [3.63, 3.8) is 0 Å². The molecule has 2 N–H and O–H groups in total. The first-order valence-electron chi connectivity index (χ1n) is 7.66. The number of hydrogen-bond donors (Lipinski definition) is 2. The summed E-state index contributed by atoms with van der Waals surface area (Å²) in [7, 11) is 4.63. The lowest BCUT2D eigenvalue weighted by molar-refractivity contribution is 0.327. The predicted molar refractivity (Wildman–Crippen MR) is 95.8 cm³/mol. The quantitative estimate of drug-likeness (QED) is 0.717. The second kappa shape index (κ2) is 7.12. The molecule has 0 fully saturated rings. The summed E-state index contributed by atoms with van der Waals surface area (Å²) in [6.45, 7) is 0.356. The van der Waals surface area contributed by atoms with Crippen LogP contribution in [-0.4, -0.2) is 31.3 Å². The maximum Gasteiger partial charge on any atom is 0.253 e. The largest absolute Gasteiger partial charge is 0.493 e. The van der Waals surface area contributed by atoms with E-state index in [2.05, 4.69) is 15.3 Å². The molecular formula is C18H19N3O4. The van der Waals surface area contributed by atoms with E-state index >= 15 is 0 Å². The van der Waals surface area contributed by atoms with Crippen LogP contribution in [0.25, 0.3) is 10.9 Å². The predicted octanol–water partition coefficient (Wildman–Crippen LogP) is 2.56. The van der Waals surface area contributed by atoms with Crippen LogP contribution in [0.5, 0.6) is 17.2 Å². The molecule has 1 aromatic carbocycles. The third kappa shape index (κ3) is 3.21. The molecule has 0 amide bonds. The van der Waals surface area contributed by atoms with Gasteiger partial charge >= 0.3 is 0 Å². The number of ether oxygens (including phenoxy) is 3. The topological polar surface area (TPSA) is 85.5 Å². The van der Waals surface area contributed by atoms with E-state index in [0.29, 0.717) is 34.9 Å². The van der Waals surface area contributed by atoms with Gasteiger partial charge in [-0.25, -0.2) is 0 Å². The van der Waals surface area contributed by atoms with E-state index in [1.165, 1.54) is 7.11 Å². The molecule has 3 rings (SSSR count). The molecule has 25 heavy (non-hydrogen) atoms. The molecule has 0 bridgehead atoms. The zero-order valence-corrected chi connectivity index (χ0v) is 14.3. The summed E-state index contributed by atoms with van der Waals surface area (Å²) >= 11 is 0. The van der Waals surface area contributed by atoms with Crippen LogP contribution < -0.4 is 25.1 Å². The molecule has 130 valence electrons. The minimum Gasteiger partial charge on any atom is -0.493 e. The first kappa shape index (κ1) is 16.6. The first-order chi connectivity index (χ1) is 12.2. The smallest absolute Gasteiger partial charge is 0.253 e. The minimum absolute atomic E-state index is 0.182. The summed E-state index contributed by atoms with van der Waals surface area (Å²) in [4.78, 5) is 19.3. The Morgan fingerprint density at radius 3 is 2.56 bits per heavy atom. The van der Waals surface area contributed by atoms with Gasteiger partial charge < -0.3 is 24.5 Å². The molecule has 7 nitrogen and oxygen atoms in total. The Labute approximate surface area is 144 Å². The van der Waals surface area contributed by atoms with Crippen molar-refractivity contribution >= 4 is 16.6 Å². The molecule has 0 spiro atoms. The molecule has 0 aliphatic heterocycles. The zero-order chi connectivity index (χ0) is 17.8. The van der Waals surface area contributed by atoms with E-state index in [4.69, 9.17) is 14.2 Å². The van der Waals surface area contributed by atoms with E-state index in [1.807, 2.05) is 12.1 Å². The third-order valence-electron chi connectivity index (χ3n) is 3.87. The van der Waals surface area contributed by atoms with Crippen LogP contribution in [0.2, 0.25) is 0 Å². The summed E-state index contributed by atoms with van der Waals surface area (Å²) in [6, 6.07) is 7.22. The zero-order valence-electron chi connectivity index (χ0n) is 14.3. The highest BCUT2D eigenvalue weighted by Crippen LogP contribution is 2.42. The minimum atomic E-state index is -0.182. The van der Waals surface area contributed by atoms with Gasteiger partial charge in [-0.3, -0.25) is 9.78 Å². The summed E-state index contributed by atoms with van der Waals surface area (Å²) in [5, 5.41) is 3.91.